The van der Waals surface area contributed by atoms with E-state index in [9.17, 15) is 4.79 Å². The number of benzene rings is 1. The lowest BCUT2D eigenvalue weighted by atomic mass is 10.1. The minimum atomic E-state index is -0.339. The van der Waals surface area contributed by atoms with Crippen LogP contribution < -0.4 is 10.4 Å². The molecule has 0 heterocycles. The Morgan fingerprint density at radius 3 is 2.44 bits per heavy atom. The SMILES string of the molecule is C=c1cccc/c1=C(/C=C(\CC)C(=O)OC)OC. The van der Waals surface area contributed by atoms with E-state index < -0.39 is 0 Å². The molecule has 0 fully saturated rings. The van der Waals surface area contributed by atoms with Gasteiger partial charge in [-0.1, -0.05) is 37.8 Å². The van der Waals surface area contributed by atoms with Crippen LogP contribution in [-0.4, -0.2) is 20.2 Å². The van der Waals surface area contributed by atoms with Crippen molar-refractivity contribution in [1.29, 1.82) is 0 Å². The van der Waals surface area contributed by atoms with Crippen LogP contribution in [0.4, 0.5) is 0 Å². The molecule has 0 aliphatic rings. The predicted molar refractivity (Wildman–Crippen MR) is 72.0 cm³/mol. The minimum Gasteiger partial charge on any atom is -0.496 e. The van der Waals surface area contributed by atoms with Crippen LogP contribution in [0.5, 0.6) is 0 Å². The summed E-state index contributed by atoms with van der Waals surface area (Å²) in [6.45, 7) is 5.84. The highest BCUT2D eigenvalue weighted by Crippen LogP contribution is 2.08. The molecule has 0 aromatic heterocycles. The number of esters is 1. The second kappa shape index (κ2) is 6.64. The van der Waals surface area contributed by atoms with Gasteiger partial charge in [-0.2, -0.15) is 0 Å². The predicted octanol–water partition coefficient (Wildman–Crippen LogP) is 1.36. The highest BCUT2D eigenvalue weighted by molar-refractivity contribution is 5.90. The number of hydrogen-bond acceptors (Lipinski definition) is 3. The number of carbonyl (C=O) groups is 1. The van der Waals surface area contributed by atoms with E-state index in [0.717, 1.165) is 10.4 Å². The van der Waals surface area contributed by atoms with Crippen molar-refractivity contribution in [2.24, 2.45) is 0 Å². The lowest BCUT2D eigenvalue weighted by molar-refractivity contribution is -0.136. The van der Waals surface area contributed by atoms with Crippen LogP contribution in [0.15, 0.2) is 35.9 Å². The zero-order valence-electron chi connectivity index (χ0n) is 11.0. The quantitative estimate of drug-likeness (QED) is 0.594. The van der Waals surface area contributed by atoms with E-state index in [4.69, 9.17) is 9.47 Å². The largest absolute Gasteiger partial charge is 0.496 e. The Kier molecular flexibility index (Phi) is 5.18. The summed E-state index contributed by atoms with van der Waals surface area (Å²) in [7, 11) is 2.94. The topological polar surface area (TPSA) is 35.5 Å². The van der Waals surface area contributed by atoms with Crippen molar-refractivity contribution in [3.05, 3.63) is 46.4 Å². The molecule has 3 nitrogen and oxygen atoms in total. The van der Waals surface area contributed by atoms with Gasteiger partial charge in [0.1, 0.15) is 5.76 Å². The number of ether oxygens (including phenoxy) is 2. The van der Waals surface area contributed by atoms with Crippen molar-refractivity contribution in [3.8, 4) is 0 Å². The van der Waals surface area contributed by atoms with E-state index in [2.05, 4.69) is 6.58 Å². The van der Waals surface area contributed by atoms with Crippen LogP contribution in [0.1, 0.15) is 13.3 Å². The summed E-state index contributed by atoms with van der Waals surface area (Å²) < 4.78 is 10.1. The molecular weight excluding hydrogens is 228 g/mol. The molecule has 0 atom stereocenters. The first kappa shape index (κ1) is 14.0. The zero-order valence-corrected chi connectivity index (χ0v) is 11.0. The van der Waals surface area contributed by atoms with Crippen LogP contribution in [0.2, 0.25) is 0 Å². The van der Waals surface area contributed by atoms with E-state index in [1.807, 2.05) is 31.2 Å². The molecule has 1 aromatic rings. The molecule has 0 N–H and O–H groups in total. The molecule has 0 unspecified atom stereocenters. The third-order valence-corrected chi connectivity index (χ3v) is 2.64. The summed E-state index contributed by atoms with van der Waals surface area (Å²) in [4.78, 5) is 11.5. The Labute approximate surface area is 107 Å². The molecule has 0 aliphatic heterocycles. The van der Waals surface area contributed by atoms with Crippen LogP contribution in [0.25, 0.3) is 12.3 Å². The maximum atomic E-state index is 11.5. The van der Waals surface area contributed by atoms with Crippen LogP contribution >= 0.6 is 0 Å². The van der Waals surface area contributed by atoms with E-state index in [-0.39, 0.29) is 5.97 Å². The summed E-state index contributed by atoms with van der Waals surface area (Å²) in [5.74, 6) is 0.274. The molecule has 0 aliphatic carbocycles. The van der Waals surface area contributed by atoms with Crippen molar-refractivity contribution >= 4 is 18.3 Å². The maximum Gasteiger partial charge on any atom is 0.333 e. The Balaban J connectivity index is 3.41. The summed E-state index contributed by atoms with van der Waals surface area (Å²) in [6.07, 6.45) is 2.29. The Morgan fingerprint density at radius 2 is 1.94 bits per heavy atom. The van der Waals surface area contributed by atoms with Gasteiger partial charge in [0.15, 0.2) is 0 Å². The van der Waals surface area contributed by atoms with E-state index in [0.29, 0.717) is 17.8 Å². The third-order valence-electron chi connectivity index (χ3n) is 2.64. The molecule has 18 heavy (non-hydrogen) atoms. The van der Waals surface area contributed by atoms with Gasteiger partial charge in [0.05, 0.1) is 14.2 Å². The van der Waals surface area contributed by atoms with Gasteiger partial charge < -0.3 is 9.47 Å². The molecule has 1 rings (SSSR count). The number of methoxy groups -OCH3 is 2. The van der Waals surface area contributed by atoms with Gasteiger partial charge in [-0.25, -0.2) is 4.79 Å². The molecule has 0 bridgehead atoms. The number of hydrogen-bond donors (Lipinski definition) is 0. The van der Waals surface area contributed by atoms with Gasteiger partial charge in [-0.15, -0.1) is 0 Å². The molecular formula is C15H18O3. The minimum absolute atomic E-state index is 0.339. The Hall–Kier alpha value is -2.03. The summed E-state index contributed by atoms with van der Waals surface area (Å²) in [5.41, 5.74) is 0.567. The van der Waals surface area contributed by atoms with Gasteiger partial charge in [0.2, 0.25) is 0 Å². The fourth-order valence-electron chi connectivity index (χ4n) is 1.60. The molecule has 96 valence electrons. The molecule has 0 saturated heterocycles. The fraction of sp³-hybridized carbons (Fsp3) is 0.267. The molecule has 0 radical (unpaired) electrons. The van der Waals surface area contributed by atoms with Crippen molar-refractivity contribution in [1.82, 2.24) is 0 Å². The van der Waals surface area contributed by atoms with Gasteiger partial charge >= 0.3 is 5.97 Å². The van der Waals surface area contributed by atoms with E-state index >= 15 is 0 Å². The maximum absolute atomic E-state index is 11.5. The Bertz CT molecular complexity index is 555. The van der Waals surface area contributed by atoms with Crippen LogP contribution in [0, 0.1) is 0 Å². The highest BCUT2D eigenvalue weighted by Gasteiger charge is 2.08. The van der Waals surface area contributed by atoms with E-state index in [1.54, 1.807) is 13.2 Å². The molecule has 0 amide bonds. The van der Waals surface area contributed by atoms with Gasteiger partial charge in [-0.05, 0) is 17.7 Å². The van der Waals surface area contributed by atoms with Crippen molar-refractivity contribution < 1.29 is 14.3 Å². The van der Waals surface area contributed by atoms with Gasteiger partial charge in [0.25, 0.3) is 0 Å². The lowest BCUT2D eigenvalue weighted by Gasteiger charge is -2.05. The summed E-state index contributed by atoms with van der Waals surface area (Å²) in [6, 6.07) is 7.61. The smallest absolute Gasteiger partial charge is 0.333 e. The summed E-state index contributed by atoms with van der Waals surface area (Å²) >= 11 is 0. The highest BCUT2D eigenvalue weighted by atomic mass is 16.5. The first-order valence-corrected chi connectivity index (χ1v) is 5.75. The van der Waals surface area contributed by atoms with Crippen LogP contribution in [0.3, 0.4) is 0 Å². The molecule has 1 aromatic carbocycles. The first-order valence-electron chi connectivity index (χ1n) is 5.75. The number of carbonyl (C=O) groups excluding carboxylic acids is 1. The first-order chi connectivity index (χ1) is 8.63. The molecule has 0 spiro atoms. The van der Waals surface area contributed by atoms with E-state index in [1.165, 1.54) is 7.11 Å². The van der Waals surface area contributed by atoms with Gasteiger partial charge in [-0.3, -0.25) is 0 Å². The second-order valence-corrected chi connectivity index (χ2v) is 3.74. The van der Waals surface area contributed by atoms with Crippen molar-refractivity contribution in [2.75, 3.05) is 14.2 Å². The zero-order chi connectivity index (χ0) is 13.5. The Morgan fingerprint density at radius 1 is 1.28 bits per heavy atom. The average molecular weight is 246 g/mol. The normalized spacial score (nSPS) is 12.9. The van der Waals surface area contributed by atoms with Crippen molar-refractivity contribution in [2.45, 2.75) is 13.3 Å². The fourth-order valence-corrected chi connectivity index (χ4v) is 1.60. The monoisotopic (exact) mass is 246 g/mol. The van der Waals surface area contributed by atoms with Crippen molar-refractivity contribution in [3.63, 3.8) is 0 Å². The standard InChI is InChI=1S/C15H18O3/c1-5-12(15(16)18-4)10-14(17-3)13-9-7-6-8-11(13)2/h6-10H,2,5H2,1,3-4H3/b12-10+,14-13+. The third kappa shape index (κ3) is 3.23. The second-order valence-electron chi connectivity index (χ2n) is 3.74. The summed E-state index contributed by atoms with van der Waals surface area (Å²) in [5, 5.41) is 1.72. The van der Waals surface area contributed by atoms with Gasteiger partial charge in [0, 0.05) is 10.8 Å². The van der Waals surface area contributed by atoms with Crippen LogP contribution in [-0.2, 0) is 14.3 Å². The average Bonchev–Trinajstić information content (AvgIpc) is 2.40. The lowest BCUT2D eigenvalue weighted by Crippen LogP contribution is -2.25. The number of rotatable bonds is 4. The molecule has 3 heteroatoms. The molecule has 0 saturated carbocycles.